The van der Waals surface area contributed by atoms with E-state index in [1.165, 1.54) is 12.0 Å². The Morgan fingerprint density at radius 3 is 2.27 bits per heavy atom. The van der Waals surface area contributed by atoms with Gasteiger partial charge in [-0.2, -0.15) is 0 Å². The molecule has 4 rings (SSSR count). The smallest absolute Gasteiger partial charge is 0.414 e. The molecule has 196 valence electrons. The van der Waals surface area contributed by atoms with Gasteiger partial charge >= 0.3 is 18.0 Å². The van der Waals surface area contributed by atoms with Crippen molar-refractivity contribution in [3.63, 3.8) is 0 Å². The standard InChI is InChI=1S/C29H33NO7/c1-28(2,3)37-27(33)30-16-15-29(26(32)34-4)18-23(36-25(31)21-13-9-6-10-14-21)22(17-24(29)30)35-19-20-11-7-5-8-12-20/h5-14,17,22-23H,15-16,18-19H2,1-4H3/t22-,23-,29-/m0/s1. The van der Waals surface area contributed by atoms with Gasteiger partial charge in [0.1, 0.15) is 23.2 Å². The van der Waals surface area contributed by atoms with Gasteiger partial charge in [0.15, 0.2) is 0 Å². The highest BCUT2D eigenvalue weighted by molar-refractivity contribution is 5.90. The Balaban J connectivity index is 1.69. The van der Waals surface area contributed by atoms with Crippen molar-refractivity contribution in [2.24, 2.45) is 5.41 Å². The number of hydrogen-bond acceptors (Lipinski definition) is 7. The number of carbonyl (C=O) groups excluding carboxylic acids is 3. The molecule has 0 N–H and O–H groups in total. The Hall–Kier alpha value is -3.65. The van der Waals surface area contributed by atoms with E-state index in [9.17, 15) is 14.4 Å². The Bertz CT molecular complexity index is 1160. The van der Waals surface area contributed by atoms with E-state index in [2.05, 4.69) is 0 Å². The fourth-order valence-electron chi connectivity index (χ4n) is 4.79. The number of methoxy groups -OCH3 is 1. The molecule has 3 atom stereocenters. The van der Waals surface area contributed by atoms with Crippen molar-refractivity contribution in [3.05, 3.63) is 83.6 Å². The number of benzene rings is 2. The van der Waals surface area contributed by atoms with E-state index in [0.29, 0.717) is 17.7 Å². The third-order valence-corrected chi connectivity index (χ3v) is 6.52. The number of esters is 2. The lowest BCUT2D eigenvalue weighted by molar-refractivity contribution is -0.154. The molecule has 0 saturated carbocycles. The molecule has 1 fully saturated rings. The van der Waals surface area contributed by atoms with Crippen molar-refractivity contribution in [1.29, 1.82) is 0 Å². The number of carbonyl (C=O) groups is 3. The van der Waals surface area contributed by atoms with E-state index in [-0.39, 0.29) is 19.6 Å². The van der Waals surface area contributed by atoms with Crippen molar-refractivity contribution in [2.75, 3.05) is 13.7 Å². The lowest BCUT2D eigenvalue weighted by Gasteiger charge is -2.39. The molecule has 1 aliphatic heterocycles. The molecule has 1 aliphatic carbocycles. The average Bonchev–Trinajstić information content (AvgIpc) is 3.26. The predicted molar refractivity (Wildman–Crippen MR) is 135 cm³/mol. The van der Waals surface area contributed by atoms with Crippen LogP contribution in [-0.4, -0.2) is 54.4 Å². The first kappa shape index (κ1) is 26.4. The maximum atomic E-state index is 13.2. The summed E-state index contributed by atoms with van der Waals surface area (Å²) < 4.78 is 23.0. The summed E-state index contributed by atoms with van der Waals surface area (Å²) in [5.41, 5.74) is -0.0828. The largest absolute Gasteiger partial charge is 0.468 e. The molecular formula is C29H33NO7. The highest BCUT2D eigenvalue weighted by Gasteiger charge is 2.57. The third kappa shape index (κ3) is 5.85. The summed E-state index contributed by atoms with van der Waals surface area (Å²) in [5.74, 6) is -1.01. The molecule has 0 radical (unpaired) electrons. The summed E-state index contributed by atoms with van der Waals surface area (Å²) in [4.78, 5) is 40.7. The van der Waals surface area contributed by atoms with Crippen LogP contribution in [0.5, 0.6) is 0 Å². The lowest BCUT2D eigenvalue weighted by atomic mass is 9.73. The van der Waals surface area contributed by atoms with Gasteiger partial charge in [0.05, 0.1) is 19.3 Å². The topological polar surface area (TPSA) is 91.4 Å². The highest BCUT2D eigenvalue weighted by Crippen LogP contribution is 2.50. The summed E-state index contributed by atoms with van der Waals surface area (Å²) in [6.07, 6.45) is 0.106. The Morgan fingerprint density at radius 2 is 1.65 bits per heavy atom. The molecule has 2 aromatic rings. The van der Waals surface area contributed by atoms with Crippen LogP contribution in [0, 0.1) is 5.41 Å². The quantitative estimate of drug-likeness (QED) is 0.406. The summed E-state index contributed by atoms with van der Waals surface area (Å²) in [5, 5.41) is 0. The van der Waals surface area contributed by atoms with E-state index < -0.39 is 41.3 Å². The Labute approximate surface area is 217 Å². The van der Waals surface area contributed by atoms with Crippen LogP contribution >= 0.6 is 0 Å². The maximum absolute atomic E-state index is 13.2. The predicted octanol–water partition coefficient (Wildman–Crippen LogP) is 4.89. The van der Waals surface area contributed by atoms with Crippen LogP contribution in [0.15, 0.2) is 72.4 Å². The van der Waals surface area contributed by atoms with Crippen molar-refractivity contribution < 1.29 is 33.3 Å². The zero-order chi connectivity index (χ0) is 26.6. The van der Waals surface area contributed by atoms with Gasteiger partial charge in [0.25, 0.3) is 0 Å². The molecule has 2 aromatic carbocycles. The highest BCUT2D eigenvalue weighted by atomic mass is 16.6. The van der Waals surface area contributed by atoms with Crippen LogP contribution in [0.2, 0.25) is 0 Å². The molecular weight excluding hydrogens is 474 g/mol. The zero-order valence-electron chi connectivity index (χ0n) is 21.6. The SMILES string of the molecule is COC(=O)[C@]12CCN(C(=O)OC(C)(C)C)C1=C[C@H](OCc1ccccc1)[C@@H](OC(=O)c1ccccc1)C2. The second kappa shape index (κ2) is 10.8. The lowest BCUT2D eigenvalue weighted by Crippen LogP contribution is -2.48. The minimum Gasteiger partial charge on any atom is -0.468 e. The van der Waals surface area contributed by atoms with E-state index in [1.54, 1.807) is 51.1 Å². The van der Waals surface area contributed by atoms with Crippen molar-refractivity contribution in [1.82, 2.24) is 4.90 Å². The van der Waals surface area contributed by atoms with Gasteiger partial charge in [0, 0.05) is 18.7 Å². The van der Waals surface area contributed by atoms with E-state index in [0.717, 1.165) is 5.56 Å². The van der Waals surface area contributed by atoms with Crippen LogP contribution in [0.25, 0.3) is 0 Å². The molecule has 0 aromatic heterocycles. The molecule has 37 heavy (non-hydrogen) atoms. The molecule has 0 spiro atoms. The molecule has 0 unspecified atom stereocenters. The van der Waals surface area contributed by atoms with Crippen LogP contribution < -0.4 is 0 Å². The monoisotopic (exact) mass is 507 g/mol. The van der Waals surface area contributed by atoms with Gasteiger partial charge < -0.3 is 18.9 Å². The number of nitrogens with zero attached hydrogens (tertiary/aromatic N) is 1. The van der Waals surface area contributed by atoms with E-state index >= 15 is 0 Å². The van der Waals surface area contributed by atoms with Crippen LogP contribution in [0.3, 0.4) is 0 Å². The number of likely N-dealkylation sites (tertiary alicyclic amines) is 1. The van der Waals surface area contributed by atoms with Crippen molar-refractivity contribution >= 4 is 18.0 Å². The Kier molecular flexibility index (Phi) is 7.68. The number of fused-ring (bicyclic) bond motifs is 1. The van der Waals surface area contributed by atoms with Crippen molar-refractivity contribution in [2.45, 2.75) is 58.0 Å². The van der Waals surface area contributed by atoms with Crippen LogP contribution in [0.1, 0.15) is 49.5 Å². The van der Waals surface area contributed by atoms with Gasteiger partial charge in [0.2, 0.25) is 0 Å². The number of amides is 1. The number of ether oxygens (including phenoxy) is 4. The van der Waals surface area contributed by atoms with Gasteiger partial charge in [-0.05, 0) is 51.0 Å². The minimum absolute atomic E-state index is 0.114. The normalized spacial score (nSPS) is 23.0. The first-order valence-corrected chi connectivity index (χ1v) is 12.4. The van der Waals surface area contributed by atoms with Crippen LogP contribution in [-0.2, 0) is 30.3 Å². The molecule has 1 heterocycles. The maximum Gasteiger partial charge on any atom is 0.414 e. The van der Waals surface area contributed by atoms with Gasteiger partial charge in [-0.25, -0.2) is 9.59 Å². The van der Waals surface area contributed by atoms with Gasteiger partial charge in [-0.15, -0.1) is 0 Å². The number of rotatable bonds is 6. The Morgan fingerprint density at radius 1 is 1.00 bits per heavy atom. The van der Waals surface area contributed by atoms with Crippen LogP contribution in [0.4, 0.5) is 4.79 Å². The average molecular weight is 508 g/mol. The molecule has 2 aliphatic rings. The molecule has 8 nitrogen and oxygen atoms in total. The molecule has 1 amide bonds. The van der Waals surface area contributed by atoms with Crippen molar-refractivity contribution in [3.8, 4) is 0 Å². The third-order valence-electron chi connectivity index (χ3n) is 6.52. The fraction of sp³-hybridized carbons (Fsp3) is 0.414. The fourth-order valence-corrected chi connectivity index (χ4v) is 4.79. The molecule has 1 saturated heterocycles. The number of hydrogen-bond donors (Lipinski definition) is 0. The molecule has 0 bridgehead atoms. The van der Waals surface area contributed by atoms with E-state index in [4.69, 9.17) is 18.9 Å². The second-order valence-electron chi connectivity index (χ2n) is 10.3. The summed E-state index contributed by atoms with van der Waals surface area (Å²) in [7, 11) is 1.31. The van der Waals surface area contributed by atoms with E-state index in [1.807, 2.05) is 36.4 Å². The summed E-state index contributed by atoms with van der Waals surface area (Å²) in [6.45, 7) is 5.88. The first-order valence-electron chi connectivity index (χ1n) is 12.4. The van der Waals surface area contributed by atoms with Gasteiger partial charge in [-0.3, -0.25) is 9.69 Å². The minimum atomic E-state index is -1.17. The zero-order valence-corrected chi connectivity index (χ0v) is 21.6. The van der Waals surface area contributed by atoms with Gasteiger partial charge in [-0.1, -0.05) is 48.5 Å². The summed E-state index contributed by atoms with van der Waals surface area (Å²) >= 11 is 0. The second-order valence-corrected chi connectivity index (χ2v) is 10.3. The molecule has 8 heteroatoms. The summed E-state index contributed by atoms with van der Waals surface area (Å²) in [6, 6.07) is 18.3. The first-order chi connectivity index (χ1) is 17.6.